The minimum Gasteiger partial charge on any atom is -0.325 e. The summed E-state index contributed by atoms with van der Waals surface area (Å²) in [4.78, 5) is 16.8. The number of aryl methyl sites for hydroxylation is 2. The van der Waals surface area contributed by atoms with Gasteiger partial charge < -0.3 is 5.32 Å². The minimum absolute atomic E-state index is 0.163. The number of nitriles is 1. The van der Waals surface area contributed by atoms with Crippen molar-refractivity contribution in [2.24, 2.45) is 0 Å². The molecule has 0 atom stereocenters. The number of amides is 1. The Balaban J connectivity index is 1.80. The molecule has 3 aromatic rings. The van der Waals surface area contributed by atoms with E-state index in [1.807, 2.05) is 32.0 Å². The molecule has 0 spiro atoms. The molecule has 1 aromatic heterocycles. The van der Waals surface area contributed by atoms with E-state index in [-0.39, 0.29) is 11.7 Å². The molecule has 0 fully saturated rings. The van der Waals surface area contributed by atoms with Crippen molar-refractivity contribution < 1.29 is 4.79 Å². The highest BCUT2D eigenvalue weighted by Crippen LogP contribution is 2.28. The summed E-state index contributed by atoms with van der Waals surface area (Å²) in [6, 6.07) is 15.0. The van der Waals surface area contributed by atoms with Crippen molar-refractivity contribution in [3.8, 4) is 6.07 Å². The Hall–Kier alpha value is -2.55. The lowest BCUT2D eigenvalue weighted by Gasteiger charge is -2.10. The van der Waals surface area contributed by atoms with Crippen LogP contribution in [0.5, 0.6) is 0 Å². The minimum atomic E-state index is -0.163. The van der Waals surface area contributed by atoms with Gasteiger partial charge in [-0.3, -0.25) is 4.79 Å². The second kappa shape index (κ2) is 7.77. The van der Waals surface area contributed by atoms with Gasteiger partial charge in [0, 0.05) is 16.1 Å². The molecule has 0 bridgehead atoms. The molecule has 0 aliphatic heterocycles. The highest BCUT2D eigenvalue weighted by Gasteiger charge is 2.12. The second-order valence-electron chi connectivity index (χ2n) is 5.89. The summed E-state index contributed by atoms with van der Waals surface area (Å²) in [6.07, 6.45) is 0. The highest BCUT2D eigenvalue weighted by molar-refractivity contribution is 8.00. The van der Waals surface area contributed by atoms with Crippen LogP contribution >= 0.6 is 23.4 Å². The molecule has 26 heavy (non-hydrogen) atoms. The molecule has 1 heterocycles. The SMILES string of the molecule is Cc1ccc(C)c2nc(SCC(=O)Nc3ccc(Cl)cc3)c(C#N)cc12. The Morgan fingerprint density at radius 3 is 2.58 bits per heavy atom. The van der Waals surface area contributed by atoms with E-state index >= 15 is 0 Å². The van der Waals surface area contributed by atoms with Crippen molar-refractivity contribution in [1.82, 2.24) is 4.98 Å². The van der Waals surface area contributed by atoms with E-state index in [0.29, 0.717) is 21.3 Å². The number of carbonyl (C=O) groups excluding carboxylic acids is 1. The largest absolute Gasteiger partial charge is 0.325 e. The van der Waals surface area contributed by atoms with Crippen LogP contribution in [0, 0.1) is 25.2 Å². The zero-order valence-electron chi connectivity index (χ0n) is 14.3. The molecule has 1 N–H and O–H groups in total. The number of anilines is 1. The molecule has 0 saturated carbocycles. The van der Waals surface area contributed by atoms with Gasteiger partial charge in [0.15, 0.2) is 0 Å². The Labute approximate surface area is 161 Å². The van der Waals surface area contributed by atoms with E-state index in [4.69, 9.17) is 11.6 Å². The van der Waals surface area contributed by atoms with Crippen molar-refractivity contribution >= 4 is 45.9 Å². The number of fused-ring (bicyclic) bond motifs is 1. The van der Waals surface area contributed by atoms with Crippen LogP contribution in [0.2, 0.25) is 5.02 Å². The zero-order valence-corrected chi connectivity index (χ0v) is 15.9. The molecule has 0 aliphatic carbocycles. The molecule has 2 aromatic carbocycles. The van der Waals surface area contributed by atoms with Crippen LogP contribution in [-0.4, -0.2) is 16.6 Å². The number of halogens is 1. The standard InChI is InChI=1S/C20H16ClN3OS/c1-12-3-4-13(2)19-17(12)9-14(10-22)20(24-19)26-11-18(25)23-16-7-5-15(21)6-8-16/h3-9H,11H2,1-2H3,(H,23,25). The molecule has 130 valence electrons. The van der Waals surface area contributed by atoms with E-state index in [2.05, 4.69) is 16.4 Å². The normalized spacial score (nSPS) is 10.5. The summed E-state index contributed by atoms with van der Waals surface area (Å²) >= 11 is 7.10. The van der Waals surface area contributed by atoms with Crippen LogP contribution in [0.4, 0.5) is 5.69 Å². The fourth-order valence-electron chi connectivity index (χ4n) is 2.57. The number of carbonyl (C=O) groups is 1. The van der Waals surface area contributed by atoms with Gasteiger partial charge in [0.25, 0.3) is 0 Å². The van der Waals surface area contributed by atoms with Gasteiger partial charge in [0.2, 0.25) is 5.91 Å². The summed E-state index contributed by atoms with van der Waals surface area (Å²) in [5, 5.41) is 14.4. The third-order valence-corrected chi connectivity index (χ3v) is 5.20. The third kappa shape index (κ3) is 3.98. The first-order chi connectivity index (χ1) is 12.5. The Bertz CT molecular complexity index is 1030. The lowest BCUT2D eigenvalue weighted by Crippen LogP contribution is -2.14. The van der Waals surface area contributed by atoms with E-state index in [9.17, 15) is 10.1 Å². The van der Waals surface area contributed by atoms with Crippen molar-refractivity contribution in [1.29, 1.82) is 5.26 Å². The summed E-state index contributed by atoms with van der Waals surface area (Å²) in [6.45, 7) is 3.99. The zero-order chi connectivity index (χ0) is 18.7. The van der Waals surface area contributed by atoms with Crippen molar-refractivity contribution in [3.63, 3.8) is 0 Å². The van der Waals surface area contributed by atoms with E-state index in [1.54, 1.807) is 24.3 Å². The van der Waals surface area contributed by atoms with Gasteiger partial charge in [-0.1, -0.05) is 35.5 Å². The smallest absolute Gasteiger partial charge is 0.234 e. The topological polar surface area (TPSA) is 65.8 Å². The predicted octanol–water partition coefficient (Wildman–Crippen LogP) is 5.11. The molecule has 1 amide bonds. The van der Waals surface area contributed by atoms with Gasteiger partial charge >= 0.3 is 0 Å². The lowest BCUT2D eigenvalue weighted by molar-refractivity contribution is -0.113. The highest BCUT2D eigenvalue weighted by atomic mass is 35.5. The maximum atomic E-state index is 12.2. The first-order valence-corrected chi connectivity index (χ1v) is 9.33. The number of aromatic nitrogens is 1. The van der Waals surface area contributed by atoms with Gasteiger partial charge in [0.05, 0.1) is 16.8 Å². The molecular weight excluding hydrogens is 366 g/mol. The first-order valence-electron chi connectivity index (χ1n) is 7.97. The molecule has 6 heteroatoms. The van der Waals surface area contributed by atoms with Crippen LogP contribution in [0.15, 0.2) is 47.5 Å². The van der Waals surface area contributed by atoms with E-state index < -0.39 is 0 Å². The number of hydrogen-bond acceptors (Lipinski definition) is 4. The molecule has 3 rings (SSSR count). The third-order valence-electron chi connectivity index (χ3n) is 3.96. The van der Waals surface area contributed by atoms with Gasteiger partial charge in [0.1, 0.15) is 11.1 Å². The van der Waals surface area contributed by atoms with Crippen LogP contribution < -0.4 is 5.32 Å². The number of nitrogens with zero attached hydrogens (tertiary/aromatic N) is 2. The van der Waals surface area contributed by atoms with Crippen molar-refractivity contribution in [2.75, 3.05) is 11.1 Å². The number of rotatable bonds is 4. The molecule has 0 saturated heterocycles. The number of benzene rings is 2. The van der Waals surface area contributed by atoms with E-state index in [1.165, 1.54) is 11.8 Å². The van der Waals surface area contributed by atoms with Crippen LogP contribution in [0.3, 0.4) is 0 Å². The average Bonchev–Trinajstić information content (AvgIpc) is 2.64. The summed E-state index contributed by atoms with van der Waals surface area (Å²) in [7, 11) is 0. The van der Waals surface area contributed by atoms with Crippen LogP contribution in [-0.2, 0) is 4.79 Å². The monoisotopic (exact) mass is 381 g/mol. The Kier molecular flexibility index (Phi) is 5.46. The number of pyridine rings is 1. The van der Waals surface area contributed by atoms with Gasteiger partial charge in [-0.2, -0.15) is 5.26 Å². The Morgan fingerprint density at radius 1 is 1.19 bits per heavy atom. The van der Waals surface area contributed by atoms with Crippen LogP contribution in [0.25, 0.3) is 10.9 Å². The fraction of sp³-hybridized carbons (Fsp3) is 0.150. The van der Waals surface area contributed by atoms with E-state index in [0.717, 1.165) is 22.0 Å². The molecule has 0 aliphatic rings. The van der Waals surface area contributed by atoms with Crippen molar-refractivity contribution in [2.45, 2.75) is 18.9 Å². The molecule has 4 nitrogen and oxygen atoms in total. The van der Waals surface area contributed by atoms with Gasteiger partial charge in [-0.15, -0.1) is 0 Å². The van der Waals surface area contributed by atoms with Crippen molar-refractivity contribution in [3.05, 3.63) is 64.2 Å². The fourth-order valence-corrected chi connectivity index (χ4v) is 3.45. The van der Waals surface area contributed by atoms with Gasteiger partial charge in [-0.05, 0) is 55.3 Å². The molecule has 0 unspecified atom stereocenters. The molecule has 0 radical (unpaired) electrons. The maximum absolute atomic E-state index is 12.2. The Morgan fingerprint density at radius 2 is 1.88 bits per heavy atom. The number of hydrogen-bond donors (Lipinski definition) is 1. The van der Waals surface area contributed by atoms with Gasteiger partial charge in [-0.25, -0.2) is 4.98 Å². The quantitative estimate of drug-likeness (QED) is 0.638. The number of nitrogens with one attached hydrogen (secondary N) is 1. The second-order valence-corrected chi connectivity index (χ2v) is 7.29. The summed E-state index contributed by atoms with van der Waals surface area (Å²) in [5.74, 6) is 0.00444. The summed E-state index contributed by atoms with van der Waals surface area (Å²) < 4.78 is 0. The predicted molar refractivity (Wildman–Crippen MR) is 107 cm³/mol. The first kappa shape index (κ1) is 18.2. The maximum Gasteiger partial charge on any atom is 0.234 e. The molecular formula is C20H16ClN3OS. The summed E-state index contributed by atoms with van der Waals surface area (Å²) in [5.41, 5.74) is 4.15. The van der Waals surface area contributed by atoms with Crippen LogP contribution in [0.1, 0.15) is 16.7 Å². The lowest BCUT2D eigenvalue weighted by atomic mass is 10.0. The number of thioether (sulfide) groups is 1. The average molecular weight is 382 g/mol.